The van der Waals surface area contributed by atoms with Crippen LogP contribution in [0.25, 0.3) is 0 Å². The van der Waals surface area contributed by atoms with Crippen molar-refractivity contribution in [1.82, 2.24) is 4.90 Å². The van der Waals surface area contributed by atoms with Crippen molar-refractivity contribution >= 4 is 6.29 Å². The Labute approximate surface area is 101 Å². The maximum absolute atomic E-state index is 10.7. The number of nitrogens with zero attached hydrogens (tertiary/aromatic N) is 1. The second kappa shape index (κ2) is 5.80. The van der Waals surface area contributed by atoms with E-state index in [-0.39, 0.29) is 6.23 Å². The summed E-state index contributed by atoms with van der Waals surface area (Å²) in [6.45, 7) is 5.28. The number of carbonyl (C=O) groups excluding carboxylic acids is 1. The van der Waals surface area contributed by atoms with Crippen molar-refractivity contribution in [3.05, 3.63) is 29.8 Å². The number of ether oxygens (including phenoxy) is 2. The summed E-state index contributed by atoms with van der Waals surface area (Å²) < 4.78 is 11.1. The van der Waals surface area contributed by atoms with Gasteiger partial charge in [0.15, 0.2) is 0 Å². The van der Waals surface area contributed by atoms with E-state index in [2.05, 4.69) is 4.90 Å². The highest BCUT2D eigenvalue weighted by Crippen LogP contribution is 2.15. The van der Waals surface area contributed by atoms with Crippen LogP contribution in [-0.2, 0) is 4.74 Å². The molecule has 0 bridgehead atoms. The van der Waals surface area contributed by atoms with Gasteiger partial charge < -0.3 is 9.47 Å². The molecule has 4 heteroatoms. The quantitative estimate of drug-likeness (QED) is 0.742. The van der Waals surface area contributed by atoms with E-state index in [1.165, 1.54) is 0 Å². The summed E-state index contributed by atoms with van der Waals surface area (Å²) in [4.78, 5) is 12.9. The maximum atomic E-state index is 10.7. The minimum Gasteiger partial charge on any atom is -0.475 e. The van der Waals surface area contributed by atoms with Crippen molar-refractivity contribution in [2.75, 3.05) is 26.3 Å². The molecule has 92 valence electrons. The average Bonchev–Trinajstić information content (AvgIpc) is 2.40. The Balaban J connectivity index is 1.96. The largest absolute Gasteiger partial charge is 0.475 e. The van der Waals surface area contributed by atoms with E-state index in [4.69, 9.17) is 9.47 Å². The average molecular weight is 235 g/mol. The number of rotatable bonds is 4. The van der Waals surface area contributed by atoms with Gasteiger partial charge in [0.2, 0.25) is 0 Å². The van der Waals surface area contributed by atoms with Gasteiger partial charge in [0.1, 0.15) is 18.3 Å². The number of benzene rings is 1. The van der Waals surface area contributed by atoms with Gasteiger partial charge in [-0.3, -0.25) is 9.69 Å². The van der Waals surface area contributed by atoms with Crippen molar-refractivity contribution in [3.8, 4) is 5.75 Å². The van der Waals surface area contributed by atoms with Crippen LogP contribution < -0.4 is 4.74 Å². The van der Waals surface area contributed by atoms with Crippen LogP contribution in [-0.4, -0.2) is 43.7 Å². The first kappa shape index (κ1) is 12.1. The first-order chi connectivity index (χ1) is 8.29. The third kappa shape index (κ3) is 3.28. The third-order valence-corrected chi connectivity index (χ3v) is 2.86. The first-order valence-corrected chi connectivity index (χ1v) is 5.83. The van der Waals surface area contributed by atoms with Gasteiger partial charge in [0.25, 0.3) is 0 Å². The molecule has 0 aliphatic carbocycles. The third-order valence-electron chi connectivity index (χ3n) is 2.86. The Bertz CT molecular complexity index is 375. The van der Waals surface area contributed by atoms with Crippen molar-refractivity contribution in [3.63, 3.8) is 0 Å². The molecule has 0 saturated carbocycles. The SMILES string of the molecule is CC(Oc1cccc(C=O)c1)N1CCOCC1. The molecule has 1 aliphatic heterocycles. The number of carbonyl (C=O) groups is 1. The standard InChI is InChI=1S/C13H17NO3/c1-11(14-5-7-16-8-6-14)17-13-4-2-3-12(9-13)10-15/h2-4,9-11H,5-8H2,1H3. The molecule has 1 aliphatic rings. The monoisotopic (exact) mass is 235 g/mol. The van der Waals surface area contributed by atoms with Crippen LogP contribution in [0.2, 0.25) is 0 Å². The molecule has 2 rings (SSSR count). The van der Waals surface area contributed by atoms with Gasteiger partial charge in [-0.25, -0.2) is 0 Å². The van der Waals surface area contributed by atoms with Gasteiger partial charge in [-0.05, 0) is 19.1 Å². The maximum Gasteiger partial charge on any atom is 0.150 e. The fraction of sp³-hybridized carbons (Fsp3) is 0.462. The minimum atomic E-state index is 0.000743. The summed E-state index contributed by atoms with van der Waals surface area (Å²) in [5, 5.41) is 0. The molecule has 1 aromatic carbocycles. The highest BCUT2D eigenvalue weighted by Gasteiger charge is 2.18. The summed E-state index contributed by atoms with van der Waals surface area (Å²) in [7, 11) is 0. The van der Waals surface area contributed by atoms with E-state index in [0.29, 0.717) is 5.56 Å². The van der Waals surface area contributed by atoms with Gasteiger partial charge in [-0.15, -0.1) is 0 Å². The van der Waals surface area contributed by atoms with Crippen LogP contribution >= 0.6 is 0 Å². The highest BCUT2D eigenvalue weighted by molar-refractivity contribution is 5.75. The summed E-state index contributed by atoms with van der Waals surface area (Å²) in [6.07, 6.45) is 0.826. The number of hydrogen-bond donors (Lipinski definition) is 0. The first-order valence-electron chi connectivity index (χ1n) is 5.83. The Morgan fingerprint density at radius 2 is 2.18 bits per heavy atom. The second-order valence-electron chi connectivity index (χ2n) is 4.06. The summed E-state index contributed by atoms with van der Waals surface area (Å²) >= 11 is 0. The van der Waals surface area contributed by atoms with Crippen LogP contribution in [0.1, 0.15) is 17.3 Å². The molecule has 0 radical (unpaired) electrons. The summed E-state index contributed by atoms with van der Waals surface area (Å²) in [6, 6.07) is 7.21. The van der Waals surface area contributed by atoms with Crippen molar-refractivity contribution < 1.29 is 14.3 Å². The smallest absolute Gasteiger partial charge is 0.150 e. The van der Waals surface area contributed by atoms with Gasteiger partial charge in [-0.2, -0.15) is 0 Å². The molecule has 1 fully saturated rings. The molecule has 1 aromatic rings. The topological polar surface area (TPSA) is 38.8 Å². The van der Waals surface area contributed by atoms with Crippen LogP contribution in [0.15, 0.2) is 24.3 Å². The lowest BCUT2D eigenvalue weighted by Gasteiger charge is -2.32. The van der Waals surface area contributed by atoms with Gasteiger partial charge in [0.05, 0.1) is 13.2 Å². The molecular weight excluding hydrogens is 218 g/mol. The van der Waals surface area contributed by atoms with Crippen molar-refractivity contribution in [2.24, 2.45) is 0 Å². The Kier molecular flexibility index (Phi) is 4.12. The van der Waals surface area contributed by atoms with Gasteiger partial charge >= 0.3 is 0 Å². The summed E-state index contributed by atoms with van der Waals surface area (Å²) in [5.41, 5.74) is 0.636. The van der Waals surface area contributed by atoms with E-state index in [9.17, 15) is 4.79 Å². The molecule has 0 aromatic heterocycles. The van der Waals surface area contributed by atoms with Gasteiger partial charge in [0, 0.05) is 18.7 Å². The predicted molar refractivity (Wildman–Crippen MR) is 64.3 cm³/mol. The van der Waals surface area contributed by atoms with Crippen LogP contribution in [0, 0.1) is 0 Å². The van der Waals surface area contributed by atoms with E-state index in [0.717, 1.165) is 38.3 Å². The number of aldehydes is 1. The molecule has 1 saturated heterocycles. The number of hydrogen-bond acceptors (Lipinski definition) is 4. The van der Waals surface area contributed by atoms with Crippen LogP contribution in [0.5, 0.6) is 5.75 Å². The number of morpholine rings is 1. The van der Waals surface area contributed by atoms with Crippen LogP contribution in [0.4, 0.5) is 0 Å². The van der Waals surface area contributed by atoms with Crippen LogP contribution in [0.3, 0.4) is 0 Å². The molecule has 1 heterocycles. The van der Waals surface area contributed by atoms with Crippen molar-refractivity contribution in [1.29, 1.82) is 0 Å². The van der Waals surface area contributed by atoms with Crippen molar-refractivity contribution in [2.45, 2.75) is 13.2 Å². The van der Waals surface area contributed by atoms with E-state index < -0.39 is 0 Å². The molecule has 17 heavy (non-hydrogen) atoms. The second-order valence-corrected chi connectivity index (χ2v) is 4.06. The lowest BCUT2D eigenvalue weighted by Crippen LogP contribution is -2.44. The lowest BCUT2D eigenvalue weighted by atomic mass is 10.2. The molecule has 0 N–H and O–H groups in total. The molecule has 1 atom stereocenters. The fourth-order valence-corrected chi connectivity index (χ4v) is 1.87. The zero-order valence-corrected chi connectivity index (χ0v) is 9.96. The molecule has 1 unspecified atom stereocenters. The van der Waals surface area contributed by atoms with Gasteiger partial charge in [-0.1, -0.05) is 12.1 Å². The van der Waals surface area contributed by atoms with E-state index >= 15 is 0 Å². The molecule has 0 amide bonds. The Morgan fingerprint density at radius 1 is 1.41 bits per heavy atom. The van der Waals surface area contributed by atoms with E-state index in [1.54, 1.807) is 12.1 Å². The zero-order chi connectivity index (χ0) is 12.1. The van der Waals surface area contributed by atoms with E-state index in [1.807, 2.05) is 19.1 Å². The molecular formula is C13H17NO3. The highest BCUT2D eigenvalue weighted by atomic mass is 16.5. The summed E-state index contributed by atoms with van der Waals surface area (Å²) in [5.74, 6) is 0.730. The fourth-order valence-electron chi connectivity index (χ4n) is 1.87. The molecule has 4 nitrogen and oxygen atoms in total. The Hall–Kier alpha value is -1.39. The zero-order valence-electron chi connectivity index (χ0n) is 9.96. The molecule has 0 spiro atoms. The lowest BCUT2D eigenvalue weighted by molar-refractivity contribution is -0.0373. The predicted octanol–water partition coefficient (Wildman–Crippen LogP) is 1.56. The normalized spacial score (nSPS) is 18.6. The minimum absolute atomic E-state index is 0.000743. The Morgan fingerprint density at radius 3 is 2.88 bits per heavy atom.